The molecule has 0 aliphatic carbocycles. The summed E-state index contributed by atoms with van der Waals surface area (Å²) in [7, 11) is 2.03. The van der Waals surface area contributed by atoms with Crippen LogP contribution in [0.2, 0.25) is 0 Å². The second kappa shape index (κ2) is 6.53. The van der Waals surface area contributed by atoms with E-state index in [4.69, 9.17) is 9.40 Å². The number of oxazole rings is 1. The molecule has 0 saturated carbocycles. The van der Waals surface area contributed by atoms with E-state index in [2.05, 4.69) is 32.9 Å². The van der Waals surface area contributed by atoms with Gasteiger partial charge in [-0.25, -0.2) is 4.98 Å². The topological polar surface area (TPSA) is 47.1 Å². The lowest BCUT2D eigenvalue weighted by Crippen LogP contribution is -2.34. The molecule has 126 valence electrons. The maximum atomic E-state index is 5.87. The first-order valence-electron chi connectivity index (χ1n) is 8.40. The fraction of sp³-hybridized carbons (Fsp3) is 0.444. The lowest BCUT2D eigenvalue weighted by molar-refractivity contribution is 0.194. The Morgan fingerprint density at radius 3 is 3.04 bits per heavy atom. The van der Waals surface area contributed by atoms with Gasteiger partial charge < -0.3 is 4.42 Å². The van der Waals surface area contributed by atoms with Crippen LogP contribution < -0.4 is 0 Å². The minimum atomic E-state index is 0.551. The third-order valence-corrected chi connectivity index (χ3v) is 5.50. The van der Waals surface area contributed by atoms with Crippen molar-refractivity contribution in [2.24, 2.45) is 7.05 Å². The van der Waals surface area contributed by atoms with Crippen molar-refractivity contribution in [1.29, 1.82) is 0 Å². The molecule has 0 bridgehead atoms. The van der Waals surface area contributed by atoms with Crippen molar-refractivity contribution in [1.82, 2.24) is 19.7 Å². The summed E-state index contributed by atoms with van der Waals surface area (Å²) in [6.45, 7) is 5.04. The first-order valence-corrected chi connectivity index (χ1v) is 9.34. The van der Waals surface area contributed by atoms with Gasteiger partial charge in [-0.15, -0.1) is 0 Å². The molecule has 0 amide bonds. The minimum Gasteiger partial charge on any atom is -0.441 e. The molecule has 4 heterocycles. The van der Waals surface area contributed by atoms with Crippen molar-refractivity contribution in [2.45, 2.75) is 32.2 Å². The van der Waals surface area contributed by atoms with Gasteiger partial charge in [-0.3, -0.25) is 9.58 Å². The van der Waals surface area contributed by atoms with Gasteiger partial charge in [0, 0.05) is 48.9 Å². The van der Waals surface area contributed by atoms with Gasteiger partial charge in [-0.1, -0.05) is 0 Å². The van der Waals surface area contributed by atoms with Crippen molar-refractivity contribution in [3.05, 3.63) is 46.2 Å². The molecule has 0 unspecified atom stereocenters. The number of thiophene rings is 1. The van der Waals surface area contributed by atoms with Crippen LogP contribution in [0.15, 0.2) is 33.5 Å². The molecule has 1 aliphatic rings. The summed E-state index contributed by atoms with van der Waals surface area (Å²) in [5.74, 6) is 2.22. The lowest BCUT2D eigenvalue weighted by Gasteiger charge is -2.32. The van der Waals surface area contributed by atoms with Crippen molar-refractivity contribution in [2.75, 3.05) is 13.1 Å². The van der Waals surface area contributed by atoms with E-state index in [9.17, 15) is 0 Å². The maximum Gasteiger partial charge on any atom is 0.227 e. The highest BCUT2D eigenvalue weighted by Crippen LogP contribution is 2.29. The van der Waals surface area contributed by atoms with E-state index in [1.54, 1.807) is 11.3 Å². The zero-order valence-corrected chi connectivity index (χ0v) is 14.9. The Morgan fingerprint density at radius 1 is 1.38 bits per heavy atom. The van der Waals surface area contributed by atoms with Crippen molar-refractivity contribution in [3.8, 4) is 11.5 Å². The second-order valence-electron chi connectivity index (χ2n) is 6.49. The predicted octanol–water partition coefficient (Wildman–Crippen LogP) is 3.82. The summed E-state index contributed by atoms with van der Waals surface area (Å²) < 4.78 is 7.88. The summed E-state index contributed by atoms with van der Waals surface area (Å²) in [5, 5.41) is 8.45. The highest BCUT2D eigenvalue weighted by Gasteiger charge is 2.25. The van der Waals surface area contributed by atoms with Gasteiger partial charge in [0.2, 0.25) is 5.89 Å². The molecule has 0 spiro atoms. The Bertz CT molecular complexity index is 805. The standard InChI is InChI=1S/C18H22N4OS/c1-13-16(20-18(23-13)15-6-9-24-12-15)11-22-8-3-4-14(10-22)17-5-7-19-21(17)2/h5-7,9,12,14H,3-4,8,10-11H2,1-2H3/t14-/m1/s1. The zero-order valence-electron chi connectivity index (χ0n) is 14.1. The molecule has 1 saturated heterocycles. The first kappa shape index (κ1) is 15.6. The number of aryl methyl sites for hydroxylation is 2. The van der Waals surface area contributed by atoms with E-state index in [1.807, 2.05) is 24.9 Å². The quantitative estimate of drug-likeness (QED) is 0.723. The van der Waals surface area contributed by atoms with Crippen LogP contribution in [0.3, 0.4) is 0 Å². The van der Waals surface area contributed by atoms with E-state index >= 15 is 0 Å². The van der Waals surface area contributed by atoms with Crippen LogP contribution in [-0.4, -0.2) is 32.8 Å². The Hall–Kier alpha value is -1.92. The summed E-state index contributed by atoms with van der Waals surface area (Å²) >= 11 is 1.67. The third-order valence-electron chi connectivity index (χ3n) is 4.82. The molecule has 1 aliphatic heterocycles. The van der Waals surface area contributed by atoms with Crippen LogP contribution >= 0.6 is 11.3 Å². The highest BCUT2D eigenvalue weighted by molar-refractivity contribution is 7.08. The summed E-state index contributed by atoms with van der Waals surface area (Å²) in [5.41, 5.74) is 3.46. The molecule has 5 nitrogen and oxygen atoms in total. The molecule has 0 aromatic carbocycles. The SMILES string of the molecule is Cc1oc(-c2ccsc2)nc1CN1CCC[C@@H](c2ccnn2C)C1. The average Bonchev–Trinajstić information content (AvgIpc) is 3.30. The third kappa shape index (κ3) is 3.03. The molecule has 4 rings (SSSR count). The first-order chi connectivity index (χ1) is 11.7. The number of hydrogen-bond acceptors (Lipinski definition) is 5. The molecule has 3 aromatic rings. The number of rotatable bonds is 4. The van der Waals surface area contributed by atoms with Gasteiger partial charge >= 0.3 is 0 Å². The van der Waals surface area contributed by atoms with Crippen LogP contribution in [-0.2, 0) is 13.6 Å². The Labute approximate surface area is 145 Å². The Morgan fingerprint density at radius 2 is 2.29 bits per heavy atom. The fourth-order valence-electron chi connectivity index (χ4n) is 3.52. The van der Waals surface area contributed by atoms with Gasteiger partial charge in [0.15, 0.2) is 0 Å². The molecule has 1 atom stereocenters. The van der Waals surface area contributed by atoms with Crippen LogP contribution in [0.4, 0.5) is 0 Å². The minimum absolute atomic E-state index is 0.551. The normalized spacial score (nSPS) is 19.0. The number of piperidine rings is 1. The fourth-order valence-corrected chi connectivity index (χ4v) is 4.15. The zero-order chi connectivity index (χ0) is 16.5. The van der Waals surface area contributed by atoms with E-state index in [0.717, 1.165) is 42.5 Å². The van der Waals surface area contributed by atoms with Gasteiger partial charge in [-0.05, 0) is 43.8 Å². The predicted molar refractivity (Wildman–Crippen MR) is 95.0 cm³/mol. The number of likely N-dealkylation sites (tertiary alicyclic amines) is 1. The van der Waals surface area contributed by atoms with Gasteiger partial charge in [-0.2, -0.15) is 16.4 Å². The molecule has 0 N–H and O–H groups in total. The van der Waals surface area contributed by atoms with Crippen LogP contribution in [0.5, 0.6) is 0 Å². The van der Waals surface area contributed by atoms with Crippen LogP contribution in [0.1, 0.15) is 35.9 Å². The molecular weight excluding hydrogens is 320 g/mol. The molecule has 3 aromatic heterocycles. The van der Waals surface area contributed by atoms with Crippen molar-refractivity contribution < 1.29 is 4.42 Å². The van der Waals surface area contributed by atoms with Crippen LogP contribution in [0, 0.1) is 6.92 Å². The van der Waals surface area contributed by atoms with E-state index < -0.39 is 0 Å². The monoisotopic (exact) mass is 342 g/mol. The van der Waals surface area contributed by atoms with Gasteiger partial charge in [0.1, 0.15) is 5.76 Å². The molecule has 6 heteroatoms. The van der Waals surface area contributed by atoms with E-state index in [0.29, 0.717) is 5.92 Å². The maximum absolute atomic E-state index is 5.87. The molecule has 24 heavy (non-hydrogen) atoms. The number of aromatic nitrogens is 3. The van der Waals surface area contributed by atoms with Crippen LogP contribution in [0.25, 0.3) is 11.5 Å². The van der Waals surface area contributed by atoms with Gasteiger partial charge in [0.05, 0.1) is 5.69 Å². The van der Waals surface area contributed by atoms with Crippen molar-refractivity contribution in [3.63, 3.8) is 0 Å². The molecule has 1 fully saturated rings. The highest BCUT2D eigenvalue weighted by atomic mass is 32.1. The molecule has 0 radical (unpaired) electrons. The molecular formula is C18H22N4OS. The number of hydrogen-bond donors (Lipinski definition) is 0. The summed E-state index contributed by atoms with van der Waals surface area (Å²) in [6, 6.07) is 4.20. The average molecular weight is 342 g/mol. The number of nitrogens with zero attached hydrogens (tertiary/aromatic N) is 4. The van der Waals surface area contributed by atoms with Gasteiger partial charge in [0.25, 0.3) is 0 Å². The Balaban J connectivity index is 1.48. The smallest absolute Gasteiger partial charge is 0.227 e. The lowest BCUT2D eigenvalue weighted by atomic mass is 9.94. The largest absolute Gasteiger partial charge is 0.441 e. The van der Waals surface area contributed by atoms with E-state index in [-0.39, 0.29) is 0 Å². The van der Waals surface area contributed by atoms with E-state index in [1.165, 1.54) is 18.5 Å². The second-order valence-corrected chi connectivity index (χ2v) is 7.27. The summed E-state index contributed by atoms with van der Waals surface area (Å²) in [6.07, 6.45) is 4.33. The Kier molecular flexibility index (Phi) is 4.24. The summed E-state index contributed by atoms with van der Waals surface area (Å²) in [4.78, 5) is 7.22. The van der Waals surface area contributed by atoms with Crippen molar-refractivity contribution >= 4 is 11.3 Å².